The van der Waals surface area contributed by atoms with E-state index in [1.807, 2.05) is 67.6 Å². The minimum absolute atomic E-state index is 0.540. The molecule has 0 aliphatic carbocycles. The van der Waals surface area contributed by atoms with Gasteiger partial charge in [0.2, 0.25) is 0 Å². The summed E-state index contributed by atoms with van der Waals surface area (Å²) in [5.41, 5.74) is 2.94. The van der Waals surface area contributed by atoms with Crippen LogP contribution < -0.4 is 0 Å². The number of hydrogen-bond donors (Lipinski definition) is 0. The molecule has 0 saturated carbocycles. The third-order valence-electron chi connectivity index (χ3n) is 2.84. The number of allylic oxidation sites excluding steroid dienone is 1. The maximum atomic E-state index is 5.78. The molecule has 2 heteroatoms. The molecular weight excluding hydrogens is 234 g/mol. The van der Waals surface area contributed by atoms with Crippen LogP contribution in [0.15, 0.2) is 71.4 Å². The molecule has 2 rings (SSSR count). The Kier molecular flexibility index (Phi) is 4.51. The number of ether oxygens (including phenoxy) is 1. The normalized spacial score (nSPS) is 11.6. The number of aliphatic imine (C=N–C) groups is 1. The summed E-state index contributed by atoms with van der Waals surface area (Å²) in [4.78, 5) is 4.08. The summed E-state index contributed by atoms with van der Waals surface area (Å²) in [6.45, 7) is 6.08. The standard InChI is InChI=1S/C17H17NO/c1-14(19-13-15-9-5-3-6-10-15)17(18-2)16-11-7-4-8-12-16/h3-12H,2,13H2,1H3/b17-14-. The number of nitrogens with zero attached hydrogens (tertiary/aromatic N) is 1. The fourth-order valence-corrected chi connectivity index (χ4v) is 1.84. The van der Waals surface area contributed by atoms with E-state index in [4.69, 9.17) is 4.74 Å². The third kappa shape index (κ3) is 3.55. The van der Waals surface area contributed by atoms with Crippen molar-refractivity contribution in [1.82, 2.24) is 0 Å². The van der Waals surface area contributed by atoms with Crippen LogP contribution in [0, 0.1) is 0 Å². The van der Waals surface area contributed by atoms with Crippen molar-refractivity contribution >= 4 is 12.4 Å². The highest BCUT2D eigenvalue weighted by atomic mass is 16.5. The lowest BCUT2D eigenvalue weighted by atomic mass is 10.1. The lowest BCUT2D eigenvalue weighted by Crippen LogP contribution is -1.94. The van der Waals surface area contributed by atoms with E-state index < -0.39 is 0 Å². The van der Waals surface area contributed by atoms with Crippen LogP contribution in [0.5, 0.6) is 0 Å². The summed E-state index contributed by atoms with van der Waals surface area (Å²) in [6, 6.07) is 20.0. The van der Waals surface area contributed by atoms with Crippen LogP contribution in [0.25, 0.3) is 5.70 Å². The molecule has 0 saturated heterocycles. The van der Waals surface area contributed by atoms with E-state index in [-0.39, 0.29) is 0 Å². The first-order valence-corrected chi connectivity index (χ1v) is 6.21. The van der Waals surface area contributed by atoms with Gasteiger partial charge in [0.1, 0.15) is 18.1 Å². The van der Waals surface area contributed by atoms with E-state index in [1.165, 1.54) is 0 Å². The van der Waals surface area contributed by atoms with E-state index in [2.05, 4.69) is 11.7 Å². The predicted octanol–water partition coefficient (Wildman–Crippen LogP) is 4.29. The van der Waals surface area contributed by atoms with Crippen LogP contribution in [0.3, 0.4) is 0 Å². The van der Waals surface area contributed by atoms with Gasteiger partial charge in [-0.3, -0.25) is 4.99 Å². The van der Waals surface area contributed by atoms with E-state index in [0.29, 0.717) is 6.61 Å². The number of benzene rings is 2. The maximum Gasteiger partial charge on any atom is 0.120 e. The van der Waals surface area contributed by atoms with Crippen LogP contribution in [-0.2, 0) is 11.3 Å². The van der Waals surface area contributed by atoms with Crippen molar-refractivity contribution in [3.05, 3.63) is 77.5 Å². The summed E-state index contributed by atoms with van der Waals surface area (Å²) in [5.74, 6) is 0.782. The smallest absolute Gasteiger partial charge is 0.120 e. The first-order chi connectivity index (χ1) is 9.31. The third-order valence-corrected chi connectivity index (χ3v) is 2.84. The first kappa shape index (κ1) is 13.1. The molecule has 0 unspecified atom stereocenters. The average molecular weight is 251 g/mol. The Hall–Kier alpha value is -2.35. The van der Waals surface area contributed by atoms with Crippen LogP contribution in [0.2, 0.25) is 0 Å². The van der Waals surface area contributed by atoms with Crippen molar-refractivity contribution in [3.63, 3.8) is 0 Å². The molecule has 0 aliphatic heterocycles. The molecule has 96 valence electrons. The summed E-state index contributed by atoms with van der Waals surface area (Å²) in [5, 5.41) is 0. The minimum atomic E-state index is 0.540. The molecule has 2 aromatic rings. The Labute approximate surface area is 114 Å². The van der Waals surface area contributed by atoms with Gasteiger partial charge in [0.25, 0.3) is 0 Å². The molecule has 19 heavy (non-hydrogen) atoms. The fourth-order valence-electron chi connectivity index (χ4n) is 1.84. The van der Waals surface area contributed by atoms with Crippen LogP contribution in [0.1, 0.15) is 18.1 Å². The van der Waals surface area contributed by atoms with E-state index in [0.717, 1.165) is 22.6 Å². The summed E-state index contributed by atoms with van der Waals surface area (Å²) >= 11 is 0. The van der Waals surface area contributed by atoms with E-state index in [1.54, 1.807) is 0 Å². The van der Waals surface area contributed by atoms with Crippen molar-refractivity contribution in [1.29, 1.82) is 0 Å². The van der Waals surface area contributed by atoms with E-state index in [9.17, 15) is 0 Å². The molecule has 0 radical (unpaired) electrons. The highest BCUT2D eigenvalue weighted by molar-refractivity contribution is 5.69. The Morgan fingerprint density at radius 1 is 1.00 bits per heavy atom. The second-order valence-corrected chi connectivity index (χ2v) is 4.20. The largest absolute Gasteiger partial charge is 0.491 e. The first-order valence-electron chi connectivity index (χ1n) is 6.21. The fraction of sp³-hybridized carbons (Fsp3) is 0.118. The van der Waals surface area contributed by atoms with Gasteiger partial charge < -0.3 is 4.74 Å². The molecule has 0 aromatic heterocycles. The summed E-state index contributed by atoms with van der Waals surface area (Å²) < 4.78 is 5.78. The molecule has 0 aliphatic rings. The van der Waals surface area contributed by atoms with Crippen LogP contribution in [0.4, 0.5) is 0 Å². The molecule has 0 bridgehead atoms. The molecule has 0 N–H and O–H groups in total. The zero-order valence-electron chi connectivity index (χ0n) is 11.0. The van der Waals surface area contributed by atoms with Gasteiger partial charge in [-0.25, -0.2) is 0 Å². The van der Waals surface area contributed by atoms with Crippen molar-refractivity contribution in [3.8, 4) is 0 Å². The minimum Gasteiger partial charge on any atom is -0.491 e. The molecule has 0 fully saturated rings. The van der Waals surface area contributed by atoms with Gasteiger partial charge in [-0.05, 0) is 19.2 Å². The van der Waals surface area contributed by atoms with Gasteiger partial charge in [-0.1, -0.05) is 60.7 Å². The highest BCUT2D eigenvalue weighted by Gasteiger charge is 2.05. The predicted molar refractivity (Wildman–Crippen MR) is 79.8 cm³/mol. The zero-order chi connectivity index (χ0) is 13.5. The molecule has 0 atom stereocenters. The molecule has 0 spiro atoms. The monoisotopic (exact) mass is 251 g/mol. The molecule has 2 nitrogen and oxygen atoms in total. The second-order valence-electron chi connectivity index (χ2n) is 4.20. The van der Waals surface area contributed by atoms with E-state index >= 15 is 0 Å². The average Bonchev–Trinajstić information content (AvgIpc) is 2.48. The maximum absolute atomic E-state index is 5.78. The summed E-state index contributed by atoms with van der Waals surface area (Å²) in [6.07, 6.45) is 0. The number of hydrogen-bond acceptors (Lipinski definition) is 2. The zero-order valence-corrected chi connectivity index (χ0v) is 11.0. The SMILES string of the molecule is C=N/C(=C(/C)OCc1ccccc1)c1ccccc1. The van der Waals surface area contributed by atoms with Crippen LogP contribution in [-0.4, -0.2) is 6.72 Å². The second kappa shape index (κ2) is 6.55. The molecule has 2 aromatic carbocycles. The lowest BCUT2D eigenvalue weighted by Gasteiger charge is -2.10. The Morgan fingerprint density at radius 3 is 2.16 bits per heavy atom. The Morgan fingerprint density at radius 2 is 1.58 bits per heavy atom. The van der Waals surface area contributed by atoms with Crippen molar-refractivity contribution < 1.29 is 4.74 Å². The lowest BCUT2D eigenvalue weighted by molar-refractivity contribution is 0.202. The van der Waals surface area contributed by atoms with Crippen LogP contribution >= 0.6 is 0 Å². The van der Waals surface area contributed by atoms with Gasteiger partial charge in [0.05, 0.1) is 0 Å². The Bertz CT molecular complexity index is 558. The van der Waals surface area contributed by atoms with Crippen molar-refractivity contribution in [2.24, 2.45) is 4.99 Å². The van der Waals surface area contributed by atoms with Gasteiger partial charge in [0, 0.05) is 5.56 Å². The van der Waals surface area contributed by atoms with Gasteiger partial charge >= 0.3 is 0 Å². The summed E-state index contributed by atoms with van der Waals surface area (Å²) in [7, 11) is 0. The highest BCUT2D eigenvalue weighted by Crippen LogP contribution is 2.21. The van der Waals surface area contributed by atoms with Crippen molar-refractivity contribution in [2.45, 2.75) is 13.5 Å². The van der Waals surface area contributed by atoms with Gasteiger partial charge in [-0.15, -0.1) is 0 Å². The molecule has 0 amide bonds. The molecular formula is C17H17NO. The van der Waals surface area contributed by atoms with Gasteiger partial charge in [-0.2, -0.15) is 0 Å². The van der Waals surface area contributed by atoms with Gasteiger partial charge in [0.15, 0.2) is 0 Å². The molecule has 0 heterocycles. The number of rotatable bonds is 5. The quantitative estimate of drug-likeness (QED) is 0.573. The topological polar surface area (TPSA) is 21.6 Å². The Balaban J connectivity index is 2.13. The van der Waals surface area contributed by atoms with Crippen molar-refractivity contribution in [2.75, 3.05) is 0 Å².